The van der Waals surface area contributed by atoms with Gasteiger partial charge in [-0.25, -0.2) is 9.59 Å². The number of carbonyl (C=O) groups is 3. The molecule has 19 heavy (non-hydrogen) atoms. The van der Waals surface area contributed by atoms with Gasteiger partial charge in [0.05, 0.1) is 5.92 Å². The molecular formula is C12H19N3O4. The Kier molecular flexibility index (Phi) is 3.64. The third kappa shape index (κ3) is 2.64. The van der Waals surface area contributed by atoms with Crippen LogP contribution in [-0.2, 0) is 9.59 Å². The molecule has 0 spiro atoms. The van der Waals surface area contributed by atoms with Gasteiger partial charge in [0.1, 0.15) is 5.54 Å². The van der Waals surface area contributed by atoms with Gasteiger partial charge in [-0.2, -0.15) is 0 Å². The first-order valence-electron chi connectivity index (χ1n) is 6.54. The summed E-state index contributed by atoms with van der Waals surface area (Å²) in [7, 11) is 0. The van der Waals surface area contributed by atoms with Crippen molar-refractivity contribution in [2.45, 2.75) is 37.6 Å². The van der Waals surface area contributed by atoms with Crippen LogP contribution in [0.2, 0.25) is 0 Å². The highest BCUT2D eigenvalue weighted by atomic mass is 16.4. The quantitative estimate of drug-likeness (QED) is 0.664. The number of carboxylic acid groups (broad SMARTS) is 1. The lowest BCUT2D eigenvalue weighted by Gasteiger charge is -2.28. The van der Waals surface area contributed by atoms with Gasteiger partial charge < -0.3 is 21.1 Å². The summed E-state index contributed by atoms with van der Waals surface area (Å²) in [5.41, 5.74) is 4.07. The third-order valence-electron chi connectivity index (χ3n) is 4.09. The minimum atomic E-state index is -1.14. The van der Waals surface area contributed by atoms with Crippen molar-refractivity contribution in [3.8, 4) is 0 Å². The van der Waals surface area contributed by atoms with Crippen LogP contribution >= 0.6 is 0 Å². The lowest BCUT2D eigenvalue weighted by atomic mass is 9.98. The first kappa shape index (κ1) is 13.6. The summed E-state index contributed by atoms with van der Waals surface area (Å²) in [4.78, 5) is 35.9. The Morgan fingerprint density at radius 2 is 1.89 bits per heavy atom. The Hall–Kier alpha value is -1.79. The number of carbonyl (C=O) groups excluding carboxylic acids is 2. The van der Waals surface area contributed by atoms with Crippen LogP contribution in [0, 0.1) is 5.92 Å². The summed E-state index contributed by atoms with van der Waals surface area (Å²) in [6.45, 7) is 0.714. The molecular weight excluding hydrogens is 250 g/mol. The second-order valence-corrected chi connectivity index (χ2v) is 5.36. The maximum absolute atomic E-state index is 12.1. The number of amides is 3. The van der Waals surface area contributed by atoms with E-state index in [2.05, 4.69) is 5.32 Å². The molecule has 0 aromatic carbocycles. The maximum atomic E-state index is 12.1. The van der Waals surface area contributed by atoms with Crippen molar-refractivity contribution in [3.05, 3.63) is 0 Å². The topological polar surface area (TPSA) is 113 Å². The van der Waals surface area contributed by atoms with E-state index in [0.29, 0.717) is 25.8 Å². The molecule has 0 bridgehead atoms. The number of hydrogen-bond donors (Lipinski definition) is 3. The van der Waals surface area contributed by atoms with Crippen LogP contribution in [0.25, 0.3) is 0 Å². The van der Waals surface area contributed by atoms with Crippen LogP contribution in [0.15, 0.2) is 0 Å². The monoisotopic (exact) mass is 269 g/mol. The van der Waals surface area contributed by atoms with Crippen molar-refractivity contribution >= 4 is 17.9 Å². The lowest BCUT2D eigenvalue weighted by molar-refractivity contribution is -0.144. The van der Waals surface area contributed by atoms with Crippen molar-refractivity contribution in [1.82, 2.24) is 10.2 Å². The molecule has 3 amide bonds. The van der Waals surface area contributed by atoms with Gasteiger partial charge in [-0.05, 0) is 19.3 Å². The Morgan fingerprint density at radius 3 is 2.37 bits per heavy atom. The largest absolute Gasteiger partial charge is 0.480 e. The third-order valence-corrected chi connectivity index (χ3v) is 4.09. The minimum Gasteiger partial charge on any atom is -0.480 e. The Morgan fingerprint density at radius 1 is 1.26 bits per heavy atom. The van der Waals surface area contributed by atoms with Gasteiger partial charge in [-0.3, -0.25) is 4.79 Å². The first-order valence-corrected chi connectivity index (χ1v) is 6.54. The Labute approximate surface area is 111 Å². The molecule has 0 aromatic heterocycles. The fourth-order valence-electron chi connectivity index (χ4n) is 2.83. The summed E-state index contributed by atoms with van der Waals surface area (Å²) in [6.07, 6.45) is 3.07. The van der Waals surface area contributed by atoms with E-state index in [-0.39, 0.29) is 12.5 Å². The molecule has 2 fully saturated rings. The van der Waals surface area contributed by atoms with E-state index < -0.39 is 23.4 Å². The van der Waals surface area contributed by atoms with E-state index in [9.17, 15) is 19.5 Å². The summed E-state index contributed by atoms with van der Waals surface area (Å²) in [5.74, 6) is -1.72. The van der Waals surface area contributed by atoms with Crippen molar-refractivity contribution in [3.63, 3.8) is 0 Å². The molecule has 1 aliphatic carbocycles. The summed E-state index contributed by atoms with van der Waals surface area (Å²) >= 11 is 0. The number of rotatable bonds is 3. The molecule has 7 heteroatoms. The number of likely N-dealkylation sites (tertiary alicyclic amines) is 1. The standard InChI is InChI=1S/C12H19N3O4/c13-9(16)8-3-6-15(7-8)11(19)14-12(10(17)18)4-1-2-5-12/h8H,1-7H2,(H2,13,16)(H,14,19)(H,17,18). The molecule has 1 heterocycles. The number of nitrogens with zero attached hydrogens (tertiary/aromatic N) is 1. The van der Waals surface area contributed by atoms with Gasteiger partial charge in [0.25, 0.3) is 0 Å². The zero-order valence-corrected chi connectivity index (χ0v) is 10.7. The fraction of sp³-hybridized carbons (Fsp3) is 0.750. The highest BCUT2D eigenvalue weighted by molar-refractivity contribution is 5.87. The Balaban J connectivity index is 1.97. The van der Waals surface area contributed by atoms with Crippen LogP contribution in [0.3, 0.4) is 0 Å². The fourth-order valence-corrected chi connectivity index (χ4v) is 2.83. The van der Waals surface area contributed by atoms with Crippen molar-refractivity contribution < 1.29 is 19.5 Å². The van der Waals surface area contributed by atoms with Crippen LogP contribution in [-0.4, -0.2) is 46.5 Å². The number of nitrogens with two attached hydrogens (primary N) is 1. The van der Waals surface area contributed by atoms with Gasteiger partial charge in [0, 0.05) is 13.1 Å². The van der Waals surface area contributed by atoms with Crippen molar-refractivity contribution in [2.75, 3.05) is 13.1 Å². The normalized spacial score (nSPS) is 25.3. The summed E-state index contributed by atoms with van der Waals surface area (Å²) in [5, 5.41) is 11.9. The minimum absolute atomic E-state index is 0.275. The van der Waals surface area contributed by atoms with E-state index in [1.807, 2.05) is 0 Å². The number of aliphatic carboxylic acids is 1. The van der Waals surface area contributed by atoms with Gasteiger partial charge in [-0.15, -0.1) is 0 Å². The molecule has 1 saturated heterocycles. The molecule has 2 aliphatic rings. The Bertz CT molecular complexity index is 404. The van der Waals surface area contributed by atoms with Crippen molar-refractivity contribution in [1.29, 1.82) is 0 Å². The maximum Gasteiger partial charge on any atom is 0.329 e. The summed E-state index contributed by atoms with van der Waals surface area (Å²) in [6, 6.07) is -0.409. The number of hydrogen-bond acceptors (Lipinski definition) is 3. The average Bonchev–Trinajstić information content (AvgIpc) is 2.97. The van der Waals surface area contributed by atoms with Gasteiger partial charge in [0.2, 0.25) is 5.91 Å². The molecule has 4 N–H and O–H groups in total. The van der Waals surface area contributed by atoms with Gasteiger partial charge in [0.15, 0.2) is 0 Å². The average molecular weight is 269 g/mol. The number of carboxylic acids is 1. The predicted octanol–water partition coefficient (Wildman–Crippen LogP) is -0.0994. The molecule has 2 rings (SSSR count). The van der Waals surface area contributed by atoms with Crippen LogP contribution < -0.4 is 11.1 Å². The van der Waals surface area contributed by atoms with Gasteiger partial charge in [-0.1, -0.05) is 12.8 Å². The molecule has 1 aliphatic heterocycles. The van der Waals surface area contributed by atoms with Gasteiger partial charge >= 0.3 is 12.0 Å². The zero-order chi connectivity index (χ0) is 14.0. The number of primary amides is 1. The summed E-state index contributed by atoms with van der Waals surface area (Å²) < 4.78 is 0. The first-order chi connectivity index (χ1) is 8.94. The highest BCUT2D eigenvalue weighted by Crippen LogP contribution is 2.30. The molecule has 1 saturated carbocycles. The lowest BCUT2D eigenvalue weighted by Crippen LogP contribution is -2.56. The predicted molar refractivity (Wildman–Crippen MR) is 66.2 cm³/mol. The van der Waals surface area contributed by atoms with Crippen LogP contribution in [0.5, 0.6) is 0 Å². The second kappa shape index (κ2) is 5.07. The van der Waals surface area contributed by atoms with Crippen LogP contribution in [0.1, 0.15) is 32.1 Å². The number of urea groups is 1. The zero-order valence-electron chi connectivity index (χ0n) is 10.7. The highest BCUT2D eigenvalue weighted by Gasteiger charge is 2.44. The molecule has 1 unspecified atom stereocenters. The molecule has 106 valence electrons. The SMILES string of the molecule is NC(=O)C1CCN(C(=O)NC2(C(=O)O)CCCC2)C1. The second-order valence-electron chi connectivity index (χ2n) is 5.36. The van der Waals surface area contributed by atoms with E-state index >= 15 is 0 Å². The molecule has 0 radical (unpaired) electrons. The molecule has 0 aromatic rings. The van der Waals surface area contributed by atoms with Crippen molar-refractivity contribution in [2.24, 2.45) is 11.7 Å². The van der Waals surface area contributed by atoms with E-state index in [1.54, 1.807) is 0 Å². The molecule has 7 nitrogen and oxygen atoms in total. The van der Waals surface area contributed by atoms with E-state index in [1.165, 1.54) is 4.90 Å². The number of nitrogens with one attached hydrogen (secondary N) is 1. The smallest absolute Gasteiger partial charge is 0.329 e. The van der Waals surface area contributed by atoms with Crippen LogP contribution in [0.4, 0.5) is 4.79 Å². The molecule has 1 atom stereocenters. The van der Waals surface area contributed by atoms with E-state index in [4.69, 9.17) is 5.73 Å². The van der Waals surface area contributed by atoms with E-state index in [0.717, 1.165) is 12.8 Å².